The summed E-state index contributed by atoms with van der Waals surface area (Å²) >= 11 is 1.08. The minimum Gasteiger partial charge on any atom is -0.443 e. The molecule has 0 radical (unpaired) electrons. The van der Waals surface area contributed by atoms with Crippen molar-refractivity contribution < 1.29 is 13.7 Å². The zero-order valence-electron chi connectivity index (χ0n) is 9.07. The lowest BCUT2D eigenvalue weighted by atomic mass is 10.2. The highest BCUT2D eigenvalue weighted by Crippen LogP contribution is 2.24. The summed E-state index contributed by atoms with van der Waals surface area (Å²) in [6, 6.07) is 0. The van der Waals surface area contributed by atoms with E-state index in [0.29, 0.717) is 6.54 Å². The molecule has 14 heavy (non-hydrogen) atoms. The first-order valence-corrected chi connectivity index (χ1v) is 5.42. The molecule has 1 saturated heterocycles. The molecule has 1 atom stereocenters. The van der Waals surface area contributed by atoms with E-state index in [2.05, 4.69) is 0 Å². The minimum atomic E-state index is -0.444. The normalized spacial score (nSPS) is 23.4. The van der Waals surface area contributed by atoms with Crippen molar-refractivity contribution >= 4 is 18.3 Å². The minimum absolute atomic E-state index is 0.207. The van der Waals surface area contributed by atoms with E-state index in [1.165, 1.54) is 4.31 Å². The van der Waals surface area contributed by atoms with Gasteiger partial charge in [-0.05, 0) is 34.1 Å². The first-order valence-electron chi connectivity index (χ1n) is 4.72. The third kappa shape index (κ3) is 3.75. The maximum absolute atomic E-state index is 11.5. The van der Waals surface area contributed by atoms with Crippen LogP contribution in [-0.2, 0) is 8.92 Å². The molecule has 0 unspecified atom stereocenters. The van der Waals surface area contributed by atoms with Crippen LogP contribution in [0.25, 0.3) is 0 Å². The van der Waals surface area contributed by atoms with E-state index in [9.17, 15) is 4.79 Å². The Kier molecular flexibility index (Phi) is 3.66. The molecule has 82 valence electrons. The molecule has 1 aliphatic rings. The van der Waals surface area contributed by atoms with Gasteiger partial charge < -0.3 is 4.74 Å². The molecule has 1 amide bonds. The van der Waals surface area contributed by atoms with Gasteiger partial charge >= 0.3 is 6.09 Å². The zero-order valence-corrected chi connectivity index (χ0v) is 9.89. The monoisotopic (exact) mass is 219 g/mol. The molecule has 1 aliphatic heterocycles. The van der Waals surface area contributed by atoms with Gasteiger partial charge in [-0.1, -0.05) is 0 Å². The molecule has 0 saturated carbocycles. The van der Waals surface area contributed by atoms with Gasteiger partial charge in [-0.15, -0.1) is 0 Å². The molecule has 0 aromatic rings. The Hall–Kier alpha value is -0.420. The fraction of sp³-hybridized carbons (Fsp3) is 0.889. The van der Waals surface area contributed by atoms with Crippen LogP contribution in [0, 0.1) is 0 Å². The summed E-state index contributed by atoms with van der Waals surface area (Å²) in [7, 11) is 0. The standard InChI is InChI=1S/C9H17NO3S/c1-7-5-6-10(14-13-7)8(11)12-9(2,3)4/h7H,5-6H2,1-4H3/t7-/m1/s1. The van der Waals surface area contributed by atoms with Crippen molar-refractivity contribution in [2.24, 2.45) is 0 Å². The van der Waals surface area contributed by atoms with Crippen molar-refractivity contribution in [3.63, 3.8) is 0 Å². The van der Waals surface area contributed by atoms with Crippen LogP contribution in [0.1, 0.15) is 34.1 Å². The highest BCUT2D eigenvalue weighted by atomic mass is 32.2. The van der Waals surface area contributed by atoms with Crippen molar-refractivity contribution in [3.8, 4) is 0 Å². The highest BCUT2D eigenvalue weighted by Gasteiger charge is 2.27. The van der Waals surface area contributed by atoms with E-state index in [0.717, 1.165) is 18.6 Å². The Morgan fingerprint density at radius 2 is 2.21 bits per heavy atom. The number of amides is 1. The molecule has 0 aromatic heterocycles. The van der Waals surface area contributed by atoms with Gasteiger partial charge in [0.15, 0.2) is 0 Å². The highest BCUT2D eigenvalue weighted by molar-refractivity contribution is 7.92. The summed E-state index contributed by atoms with van der Waals surface area (Å²) < 4.78 is 12.0. The van der Waals surface area contributed by atoms with Crippen molar-refractivity contribution in [1.29, 1.82) is 0 Å². The van der Waals surface area contributed by atoms with Crippen LogP contribution in [0.5, 0.6) is 0 Å². The maximum atomic E-state index is 11.5. The molecule has 5 heteroatoms. The van der Waals surface area contributed by atoms with Gasteiger partial charge in [-0.2, -0.15) is 0 Å². The van der Waals surface area contributed by atoms with E-state index in [-0.39, 0.29) is 12.2 Å². The largest absolute Gasteiger partial charge is 0.443 e. The van der Waals surface area contributed by atoms with Gasteiger partial charge in [-0.25, -0.2) is 9.10 Å². The van der Waals surface area contributed by atoms with Crippen molar-refractivity contribution in [1.82, 2.24) is 4.31 Å². The van der Waals surface area contributed by atoms with Crippen LogP contribution in [0.2, 0.25) is 0 Å². The Bertz CT molecular complexity index is 207. The van der Waals surface area contributed by atoms with E-state index in [1.807, 2.05) is 27.7 Å². The van der Waals surface area contributed by atoms with E-state index in [1.54, 1.807) is 0 Å². The average molecular weight is 219 g/mol. The Balaban J connectivity index is 2.38. The molecule has 0 N–H and O–H groups in total. The fourth-order valence-corrected chi connectivity index (χ4v) is 1.57. The van der Waals surface area contributed by atoms with Gasteiger partial charge in [0, 0.05) is 6.54 Å². The van der Waals surface area contributed by atoms with Gasteiger partial charge in [0.25, 0.3) is 0 Å². The van der Waals surface area contributed by atoms with Crippen LogP contribution >= 0.6 is 12.2 Å². The molecule has 0 aliphatic carbocycles. The Morgan fingerprint density at radius 1 is 1.57 bits per heavy atom. The number of hydrogen-bond donors (Lipinski definition) is 0. The number of rotatable bonds is 0. The molecule has 0 spiro atoms. The molecule has 4 nitrogen and oxygen atoms in total. The van der Waals surface area contributed by atoms with Crippen molar-refractivity contribution in [3.05, 3.63) is 0 Å². The second kappa shape index (κ2) is 4.40. The number of ether oxygens (including phenoxy) is 1. The second-order valence-electron chi connectivity index (χ2n) is 4.35. The van der Waals surface area contributed by atoms with Crippen molar-refractivity contribution in [2.45, 2.75) is 45.8 Å². The molecule has 0 aromatic carbocycles. The van der Waals surface area contributed by atoms with Gasteiger partial charge in [0.05, 0.1) is 6.10 Å². The third-order valence-corrected chi connectivity index (χ3v) is 2.56. The number of nitrogens with zero attached hydrogens (tertiary/aromatic N) is 1. The van der Waals surface area contributed by atoms with Crippen LogP contribution in [0.15, 0.2) is 0 Å². The van der Waals surface area contributed by atoms with E-state index < -0.39 is 5.60 Å². The SMILES string of the molecule is C[C@@H]1CCN(C(=O)OC(C)(C)C)SO1. The summed E-state index contributed by atoms with van der Waals surface area (Å²) in [6.45, 7) is 8.22. The zero-order chi connectivity index (χ0) is 10.8. The predicted molar refractivity (Wildman–Crippen MR) is 55.7 cm³/mol. The lowest BCUT2D eigenvalue weighted by Gasteiger charge is -2.30. The summed E-state index contributed by atoms with van der Waals surface area (Å²) in [5, 5.41) is 0. The number of carbonyl (C=O) groups is 1. The lowest BCUT2D eigenvalue weighted by Crippen LogP contribution is -2.37. The fourth-order valence-electron chi connectivity index (χ4n) is 0.944. The number of carbonyl (C=O) groups excluding carboxylic acids is 1. The first kappa shape index (κ1) is 11.7. The summed E-state index contributed by atoms with van der Waals surface area (Å²) in [5.74, 6) is 0. The third-order valence-electron chi connectivity index (χ3n) is 1.63. The topological polar surface area (TPSA) is 38.8 Å². The van der Waals surface area contributed by atoms with E-state index in [4.69, 9.17) is 8.92 Å². The Morgan fingerprint density at radius 3 is 2.64 bits per heavy atom. The molecule has 1 heterocycles. The molecule has 1 rings (SSSR count). The van der Waals surface area contributed by atoms with Crippen LogP contribution in [-0.4, -0.2) is 28.6 Å². The summed E-state index contributed by atoms with van der Waals surface area (Å²) in [4.78, 5) is 11.5. The molecule has 0 bridgehead atoms. The van der Waals surface area contributed by atoms with Gasteiger partial charge in [0.2, 0.25) is 0 Å². The average Bonchev–Trinajstić information content (AvgIpc) is 2.02. The molecular weight excluding hydrogens is 202 g/mol. The van der Waals surface area contributed by atoms with Gasteiger partial charge in [0.1, 0.15) is 17.8 Å². The lowest BCUT2D eigenvalue weighted by molar-refractivity contribution is 0.0350. The van der Waals surface area contributed by atoms with Crippen LogP contribution in [0.4, 0.5) is 4.79 Å². The van der Waals surface area contributed by atoms with Crippen molar-refractivity contribution in [2.75, 3.05) is 6.54 Å². The van der Waals surface area contributed by atoms with Gasteiger partial charge in [-0.3, -0.25) is 4.18 Å². The first-order chi connectivity index (χ1) is 6.38. The van der Waals surface area contributed by atoms with Crippen LogP contribution < -0.4 is 0 Å². The summed E-state index contributed by atoms with van der Waals surface area (Å²) in [6.07, 6.45) is 0.736. The van der Waals surface area contributed by atoms with Crippen LogP contribution in [0.3, 0.4) is 0 Å². The summed E-state index contributed by atoms with van der Waals surface area (Å²) in [5.41, 5.74) is -0.444. The second-order valence-corrected chi connectivity index (χ2v) is 5.13. The smallest absolute Gasteiger partial charge is 0.422 e. The Labute approximate surface area is 89.3 Å². The van der Waals surface area contributed by atoms with E-state index >= 15 is 0 Å². The predicted octanol–water partition coefficient (Wildman–Crippen LogP) is 2.60. The quantitative estimate of drug-likeness (QED) is 0.463. The maximum Gasteiger partial charge on any atom is 0.422 e. The molecular formula is C9H17NO3S. The number of hydrogen-bond acceptors (Lipinski definition) is 4. The molecule has 1 fully saturated rings.